The van der Waals surface area contributed by atoms with Gasteiger partial charge in [-0.1, -0.05) is 22.9 Å². The fraction of sp³-hybridized carbons (Fsp3) is 0.462. The van der Waals surface area contributed by atoms with Crippen LogP contribution in [0.5, 0.6) is 0 Å². The minimum atomic E-state index is -0.332. The lowest BCUT2D eigenvalue weighted by Gasteiger charge is -2.16. The standard InChI is InChI=1S/C13H18BrNO2/c1-4-10-8-11(14)6-7-12(10)15-9(3)13(16)17-5-2/h6-9,15H,4-5H2,1-3H3. The minimum absolute atomic E-state index is 0.225. The Balaban J connectivity index is 2.77. The maximum Gasteiger partial charge on any atom is 0.328 e. The molecule has 0 aromatic heterocycles. The van der Waals surface area contributed by atoms with Gasteiger partial charge in [-0.05, 0) is 44.0 Å². The van der Waals surface area contributed by atoms with Crippen molar-refractivity contribution in [3.05, 3.63) is 28.2 Å². The topological polar surface area (TPSA) is 38.3 Å². The smallest absolute Gasteiger partial charge is 0.328 e. The summed E-state index contributed by atoms with van der Waals surface area (Å²) in [6.45, 7) is 6.11. The molecule has 0 saturated carbocycles. The van der Waals surface area contributed by atoms with Crippen LogP contribution in [0.2, 0.25) is 0 Å². The van der Waals surface area contributed by atoms with E-state index >= 15 is 0 Å². The number of nitrogens with one attached hydrogen (secondary N) is 1. The first-order valence-electron chi connectivity index (χ1n) is 5.80. The van der Waals surface area contributed by atoms with E-state index < -0.39 is 0 Å². The van der Waals surface area contributed by atoms with Gasteiger partial charge in [0.2, 0.25) is 0 Å². The first-order valence-corrected chi connectivity index (χ1v) is 6.59. The van der Waals surface area contributed by atoms with E-state index in [0.29, 0.717) is 6.61 Å². The number of rotatable bonds is 5. The van der Waals surface area contributed by atoms with E-state index in [4.69, 9.17) is 4.74 Å². The van der Waals surface area contributed by atoms with Crippen molar-refractivity contribution in [1.29, 1.82) is 0 Å². The molecule has 0 amide bonds. The Kier molecular flexibility index (Phi) is 5.48. The summed E-state index contributed by atoms with van der Waals surface area (Å²) in [5.74, 6) is -0.225. The van der Waals surface area contributed by atoms with Gasteiger partial charge in [-0.2, -0.15) is 0 Å². The van der Waals surface area contributed by atoms with Crippen molar-refractivity contribution in [2.24, 2.45) is 0 Å². The number of ether oxygens (including phenoxy) is 1. The van der Waals surface area contributed by atoms with Crippen LogP contribution in [0.15, 0.2) is 22.7 Å². The van der Waals surface area contributed by atoms with Crippen molar-refractivity contribution in [3.63, 3.8) is 0 Å². The molecule has 3 nitrogen and oxygen atoms in total. The van der Waals surface area contributed by atoms with Crippen LogP contribution < -0.4 is 5.32 Å². The van der Waals surface area contributed by atoms with Crippen LogP contribution in [0.25, 0.3) is 0 Å². The van der Waals surface area contributed by atoms with Gasteiger partial charge in [0.1, 0.15) is 6.04 Å². The van der Waals surface area contributed by atoms with Crippen LogP contribution in [-0.4, -0.2) is 18.6 Å². The van der Waals surface area contributed by atoms with Crippen LogP contribution in [0.1, 0.15) is 26.3 Å². The zero-order valence-electron chi connectivity index (χ0n) is 10.4. The van der Waals surface area contributed by atoms with Crippen molar-refractivity contribution < 1.29 is 9.53 Å². The number of esters is 1. The van der Waals surface area contributed by atoms with Gasteiger partial charge in [0.25, 0.3) is 0 Å². The predicted octanol–water partition coefficient (Wildman–Crippen LogP) is 3.38. The Morgan fingerprint density at radius 2 is 2.18 bits per heavy atom. The molecule has 0 saturated heterocycles. The van der Waals surface area contributed by atoms with Gasteiger partial charge >= 0.3 is 5.97 Å². The van der Waals surface area contributed by atoms with E-state index in [1.807, 2.05) is 19.1 Å². The highest BCUT2D eigenvalue weighted by molar-refractivity contribution is 9.10. The lowest BCUT2D eigenvalue weighted by Crippen LogP contribution is -2.28. The van der Waals surface area contributed by atoms with Crippen LogP contribution in [-0.2, 0) is 16.0 Å². The Morgan fingerprint density at radius 3 is 2.76 bits per heavy atom. The second kappa shape index (κ2) is 6.64. The average Bonchev–Trinajstić information content (AvgIpc) is 2.31. The van der Waals surface area contributed by atoms with Gasteiger partial charge in [0.15, 0.2) is 0 Å². The number of aryl methyl sites for hydroxylation is 1. The van der Waals surface area contributed by atoms with E-state index in [9.17, 15) is 4.79 Å². The third kappa shape index (κ3) is 4.04. The third-order valence-corrected chi connectivity index (χ3v) is 2.95. The van der Waals surface area contributed by atoms with Gasteiger partial charge in [-0.15, -0.1) is 0 Å². The molecule has 4 heteroatoms. The summed E-state index contributed by atoms with van der Waals surface area (Å²) >= 11 is 3.44. The van der Waals surface area contributed by atoms with E-state index in [1.54, 1.807) is 6.92 Å². The lowest BCUT2D eigenvalue weighted by molar-refractivity contribution is -0.143. The third-order valence-electron chi connectivity index (χ3n) is 2.46. The minimum Gasteiger partial charge on any atom is -0.464 e. The molecule has 0 radical (unpaired) electrons. The molecule has 0 bridgehead atoms. The normalized spacial score (nSPS) is 12.0. The first-order chi connectivity index (χ1) is 8.08. The van der Waals surface area contributed by atoms with Gasteiger partial charge in [0, 0.05) is 10.2 Å². The summed E-state index contributed by atoms with van der Waals surface area (Å²) in [6, 6.07) is 5.65. The zero-order chi connectivity index (χ0) is 12.8. The summed E-state index contributed by atoms with van der Waals surface area (Å²) in [4.78, 5) is 11.5. The number of benzene rings is 1. The highest BCUT2D eigenvalue weighted by Crippen LogP contribution is 2.22. The highest BCUT2D eigenvalue weighted by atomic mass is 79.9. The zero-order valence-corrected chi connectivity index (χ0v) is 12.0. The van der Waals surface area contributed by atoms with E-state index in [-0.39, 0.29) is 12.0 Å². The number of anilines is 1. The number of hydrogen-bond donors (Lipinski definition) is 1. The molecule has 17 heavy (non-hydrogen) atoms. The SMILES string of the molecule is CCOC(=O)C(C)Nc1ccc(Br)cc1CC. The first kappa shape index (κ1) is 14.0. The molecule has 1 aromatic carbocycles. The molecule has 0 fully saturated rings. The monoisotopic (exact) mass is 299 g/mol. The Hall–Kier alpha value is -1.03. The molecule has 1 N–H and O–H groups in total. The molecule has 0 aliphatic rings. The molecule has 0 heterocycles. The molecule has 1 rings (SSSR count). The molecule has 0 spiro atoms. The quantitative estimate of drug-likeness (QED) is 0.847. The number of hydrogen-bond acceptors (Lipinski definition) is 3. The predicted molar refractivity (Wildman–Crippen MR) is 73.2 cm³/mol. The maximum atomic E-state index is 11.5. The summed E-state index contributed by atoms with van der Waals surface area (Å²) in [5.41, 5.74) is 2.16. The summed E-state index contributed by atoms with van der Waals surface area (Å²) in [7, 11) is 0. The second-order valence-electron chi connectivity index (χ2n) is 3.77. The average molecular weight is 300 g/mol. The van der Waals surface area contributed by atoms with Crippen molar-refractivity contribution in [1.82, 2.24) is 0 Å². The van der Waals surface area contributed by atoms with Gasteiger partial charge < -0.3 is 10.1 Å². The molecule has 1 unspecified atom stereocenters. The van der Waals surface area contributed by atoms with Crippen molar-refractivity contribution in [2.75, 3.05) is 11.9 Å². The highest BCUT2D eigenvalue weighted by Gasteiger charge is 2.14. The van der Waals surface area contributed by atoms with E-state index in [0.717, 1.165) is 16.6 Å². The Morgan fingerprint density at radius 1 is 1.47 bits per heavy atom. The van der Waals surface area contributed by atoms with Gasteiger partial charge in [-0.25, -0.2) is 4.79 Å². The second-order valence-corrected chi connectivity index (χ2v) is 4.69. The van der Waals surface area contributed by atoms with Gasteiger partial charge in [0.05, 0.1) is 6.61 Å². The number of halogens is 1. The molecule has 1 atom stereocenters. The molecule has 1 aromatic rings. The van der Waals surface area contributed by atoms with Crippen molar-refractivity contribution in [3.8, 4) is 0 Å². The fourth-order valence-electron chi connectivity index (χ4n) is 1.56. The lowest BCUT2D eigenvalue weighted by atomic mass is 10.1. The Bertz CT molecular complexity index is 393. The van der Waals surface area contributed by atoms with E-state index in [2.05, 4.69) is 34.2 Å². The molecule has 0 aliphatic carbocycles. The van der Waals surface area contributed by atoms with Crippen LogP contribution in [0, 0.1) is 0 Å². The van der Waals surface area contributed by atoms with Crippen LogP contribution in [0.4, 0.5) is 5.69 Å². The van der Waals surface area contributed by atoms with Crippen molar-refractivity contribution >= 4 is 27.6 Å². The number of carbonyl (C=O) groups is 1. The summed E-state index contributed by atoms with van der Waals surface area (Å²) < 4.78 is 6.01. The molecular formula is C13H18BrNO2. The van der Waals surface area contributed by atoms with Gasteiger partial charge in [-0.3, -0.25) is 0 Å². The maximum absolute atomic E-state index is 11.5. The molecule has 0 aliphatic heterocycles. The fourth-order valence-corrected chi connectivity index (χ4v) is 1.96. The molecular weight excluding hydrogens is 282 g/mol. The molecule has 94 valence electrons. The summed E-state index contributed by atoms with van der Waals surface area (Å²) in [5, 5.41) is 3.18. The van der Waals surface area contributed by atoms with Crippen molar-refractivity contribution in [2.45, 2.75) is 33.2 Å². The number of carbonyl (C=O) groups excluding carboxylic acids is 1. The van der Waals surface area contributed by atoms with E-state index in [1.165, 1.54) is 5.56 Å². The van der Waals surface area contributed by atoms with Crippen LogP contribution in [0.3, 0.4) is 0 Å². The largest absolute Gasteiger partial charge is 0.464 e. The van der Waals surface area contributed by atoms with Crippen LogP contribution >= 0.6 is 15.9 Å². The Labute approximate surface area is 111 Å². The summed E-state index contributed by atoms with van der Waals surface area (Å²) in [6.07, 6.45) is 0.914.